The molecular weight excluding hydrogens is 532 g/mol. The van der Waals surface area contributed by atoms with Crippen molar-refractivity contribution in [2.24, 2.45) is 0 Å². The second kappa shape index (κ2) is 12.7. The van der Waals surface area contributed by atoms with Gasteiger partial charge in [-0.25, -0.2) is 19.2 Å². The van der Waals surface area contributed by atoms with E-state index in [2.05, 4.69) is 9.97 Å². The van der Waals surface area contributed by atoms with Crippen molar-refractivity contribution in [3.8, 4) is 22.5 Å². The van der Waals surface area contributed by atoms with E-state index in [0.29, 0.717) is 11.4 Å². The van der Waals surface area contributed by atoms with Gasteiger partial charge in [0.25, 0.3) is 0 Å². The Morgan fingerprint density at radius 2 is 0.703 bits per heavy atom. The molecule has 0 fully saturated rings. The van der Waals surface area contributed by atoms with Gasteiger partial charge in [0, 0.05) is 40.6 Å². The van der Waals surface area contributed by atoms with E-state index < -0.39 is 23.9 Å². The van der Waals surface area contributed by atoms with Gasteiger partial charge in [-0.05, 0) is 48.5 Å². The van der Waals surface area contributed by atoms with Crippen LogP contribution in [0.3, 0.4) is 0 Å². The Kier molecular flexibility index (Phi) is 9.76. The molecule has 1 radical (unpaired) electrons. The number of aromatic nitrogens is 2. The molecule has 10 nitrogen and oxygen atoms in total. The van der Waals surface area contributed by atoms with E-state index in [-0.39, 0.29) is 39.3 Å². The van der Waals surface area contributed by atoms with Crippen LogP contribution in [-0.2, 0) is 17.1 Å². The molecular formula is C26H18CuN2O8. The van der Waals surface area contributed by atoms with Crippen molar-refractivity contribution in [2.45, 2.75) is 0 Å². The molecule has 2 aromatic carbocycles. The van der Waals surface area contributed by atoms with Crippen molar-refractivity contribution in [1.82, 2.24) is 9.97 Å². The molecule has 37 heavy (non-hydrogen) atoms. The molecule has 11 heteroatoms. The third-order valence-corrected chi connectivity index (χ3v) is 4.88. The first kappa shape index (κ1) is 28.4. The summed E-state index contributed by atoms with van der Waals surface area (Å²) in [6, 6.07) is 18.5. The van der Waals surface area contributed by atoms with E-state index in [1.807, 2.05) is 0 Å². The van der Waals surface area contributed by atoms with Gasteiger partial charge in [-0.3, -0.25) is 9.97 Å². The van der Waals surface area contributed by atoms with E-state index in [0.717, 1.165) is 11.1 Å². The van der Waals surface area contributed by atoms with E-state index >= 15 is 0 Å². The van der Waals surface area contributed by atoms with Crippen molar-refractivity contribution >= 4 is 23.9 Å². The fourth-order valence-electron chi connectivity index (χ4n) is 2.95. The minimum absolute atomic E-state index is 0. The van der Waals surface area contributed by atoms with Crippen LogP contribution in [-0.4, -0.2) is 54.3 Å². The number of pyridine rings is 2. The van der Waals surface area contributed by atoms with Crippen LogP contribution in [0.15, 0.2) is 85.2 Å². The molecule has 0 aliphatic rings. The molecule has 4 aromatic rings. The van der Waals surface area contributed by atoms with Crippen molar-refractivity contribution < 1.29 is 56.7 Å². The molecule has 191 valence electrons. The van der Waals surface area contributed by atoms with E-state index in [4.69, 9.17) is 20.4 Å². The summed E-state index contributed by atoms with van der Waals surface area (Å²) in [5.74, 6) is -4.04. The van der Waals surface area contributed by atoms with Gasteiger partial charge in [0.05, 0.1) is 33.6 Å². The maximum Gasteiger partial charge on any atom is 0.337 e. The first-order valence-corrected chi connectivity index (χ1v) is 10.2. The second-order valence-corrected chi connectivity index (χ2v) is 7.24. The van der Waals surface area contributed by atoms with Crippen LogP contribution in [0, 0.1) is 0 Å². The smallest absolute Gasteiger partial charge is 0.337 e. The second-order valence-electron chi connectivity index (χ2n) is 7.24. The van der Waals surface area contributed by atoms with Gasteiger partial charge < -0.3 is 20.4 Å². The zero-order chi connectivity index (χ0) is 26.2. The average Bonchev–Trinajstić information content (AvgIpc) is 2.89. The summed E-state index contributed by atoms with van der Waals surface area (Å²) in [7, 11) is 0. The number of nitrogens with zero attached hydrogens (tertiary/aromatic N) is 2. The molecule has 0 aliphatic heterocycles. The summed E-state index contributed by atoms with van der Waals surface area (Å²) in [4.78, 5) is 50.7. The summed E-state index contributed by atoms with van der Waals surface area (Å²) < 4.78 is 0. The topological polar surface area (TPSA) is 175 Å². The fourth-order valence-corrected chi connectivity index (χ4v) is 2.95. The van der Waals surface area contributed by atoms with Crippen molar-refractivity contribution in [1.29, 1.82) is 0 Å². The van der Waals surface area contributed by atoms with Gasteiger partial charge in [-0.1, -0.05) is 24.3 Å². The number of hydrogen-bond acceptors (Lipinski definition) is 6. The number of carboxylic acid groups (broad SMARTS) is 4. The van der Waals surface area contributed by atoms with Crippen LogP contribution in [0.5, 0.6) is 0 Å². The summed E-state index contributed by atoms with van der Waals surface area (Å²) in [6.45, 7) is 0. The minimum Gasteiger partial charge on any atom is -0.478 e. The van der Waals surface area contributed by atoms with Crippen LogP contribution >= 0.6 is 0 Å². The normalized spacial score (nSPS) is 9.73. The number of rotatable bonds is 6. The van der Waals surface area contributed by atoms with Crippen LogP contribution in [0.25, 0.3) is 22.5 Å². The Hall–Kier alpha value is -4.86. The minimum atomic E-state index is -1.03. The maximum atomic E-state index is 10.7. The molecule has 2 heterocycles. The standard InChI is InChI=1S/2C13H9NO4.Cu/c2*15-12(16)9-3-1-8(2-4-9)11-6-5-10(7-14-11)13(17)18;/h2*1-7H,(H,15,16)(H,17,18);. The van der Waals surface area contributed by atoms with Gasteiger partial charge in [-0.2, -0.15) is 0 Å². The SMILES string of the molecule is O=C(O)c1ccc(-c2ccc(C(=O)O)cn2)cc1.O=C(O)c1ccc(-c2ccc(C(=O)O)cn2)cc1.[Cu]. The largest absolute Gasteiger partial charge is 0.478 e. The zero-order valence-electron chi connectivity index (χ0n) is 18.7. The summed E-state index contributed by atoms with van der Waals surface area (Å²) in [5, 5.41) is 35.0. The van der Waals surface area contributed by atoms with Crippen molar-refractivity contribution in [3.63, 3.8) is 0 Å². The Balaban J connectivity index is 0.000000253. The number of benzene rings is 2. The Morgan fingerprint density at radius 1 is 0.432 bits per heavy atom. The quantitative estimate of drug-likeness (QED) is 0.254. The molecule has 0 spiro atoms. The molecule has 0 atom stereocenters. The Bertz CT molecular complexity index is 1180. The van der Waals surface area contributed by atoms with Crippen LogP contribution in [0.2, 0.25) is 0 Å². The molecule has 0 amide bonds. The molecule has 0 bridgehead atoms. The van der Waals surface area contributed by atoms with Gasteiger partial charge >= 0.3 is 23.9 Å². The molecule has 0 unspecified atom stereocenters. The predicted octanol–water partition coefficient (Wildman–Crippen LogP) is 4.29. The van der Waals surface area contributed by atoms with E-state index in [9.17, 15) is 19.2 Å². The summed E-state index contributed by atoms with van der Waals surface area (Å²) >= 11 is 0. The number of aromatic carboxylic acids is 4. The molecule has 2 aromatic heterocycles. The molecule has 0 aliphatic carbocycles. The monoisotopic (exact) mass is 549 g/mol. The third-order valence-electron chi connectivity index (χ3n) is 4.88. The number of carboxylic acids is 4. The summed E-state index contributed by atoms with van der Waals surface area (Å²) in [5.41, 5.74) is 3.27. The van der Waals surface area contributed by atoms with E-state index in [1.165, 1.54) is 48.8 Å². The van der Waals surface area contributed by atoms with E-state index in [1.54, 1.807) is 36.4 Å². The Labute approximate surface area is 220 Å². The summed E-state index contributed by atoms with van der Waals surface area (Å²) in [6.07, 6.45) is 2.53. The van der Waals surface area contributed by atoms with Crippen LogP contribution in [0.1, 0.15) is 41.4 Å². The first-order valence-electron chi connectivity index (χ1n) is 10.2. The van der Waals surface area contributed by atoms with Gasteiger partial charge in [-0.15, -0.1) is 0 Å². The van der Waals surface area contributed by atoms with Gasteiger partial charge in [0.15, 0.2) is 0 Å². The molecule has 0 saturated carbocycles. The van der Waals surface area contributed by atoms with Crippen molar-refractivity contribution in [3.05, 3.63) is 107 Å². The zero-order valence-corrected chi connectivity index (χ0v) is 19.6. The number of hydrogen-bond donors (Lipinski definition) is 4. The first-order chi connectivity index (χ1) is 17.2. The molecule has 4 N–H and O–H groups in total. The third kappa shape index (κ3) is 7.56. The fraction of sp³-hybridized carbons (Fsp3) is 0. The van der Waals surface area contributed by atoms with Crippen molar-refractivity contribution in [2.75, 3.05) is 0 Å². The predicted molar refractivity (Wildman–Crippen MR) is 127 cm³/mol. The maximum absolute atomic E-state index is 10.7. The van der Waals surface area contributed by atoms with Gasteiger partial charge in [0.2, 0.25) is 0 Å². The van der Waals surface area contributed by atoms with Crippen LogP contribution < -0.4 is 0 Å². The average molecular weight is 550 g/mol. The van der Waals surface area contributed by atoms with Gasteiger partial charge in [0.1, 0.15) is 0 Å². The number of carbonyl (C=O) groups is 4. The molecule has 0 saturated heterocycles. The Morgan fingerprint density at radius 3 is 0.919 bits per heavy atom. The van der Waals surface area contributed by atoms with Crippen LogP contribution in [0.4, 0.5) is 0 Å². The molecule has 4 rings (SSSR count).